The Labute approximate surface area is 121 Å². The van der Waals surface area contributed by atoms with Gasteiger partial charge in [0.1, 0.15) is 0 Å². The van der Waals surface area contributed by atoms with E-state index in [4.69, 9.17) is 4.74 Å². The number of halogens is 1. The van der Waals surface area contributed by atoms with Crippen LogP contribution in [-0.4, -0.2) is 35.9 Å². The molecule has 5 nitrogen and oxygen atoms in total. The molecule has 0 saturated heterocycles. The fourth-order valence-corrected chi connectivity index (χ4v) is 1.98. The molecule has 0 spiro atoms. The van der Waals surface area contributed by atoms with Gasteiger partial charge in [-0.2, -0.15) is 0 Å². The molecule has 0 saturated carbocycles. The standard InChI is InChI=1S/C12H20IN3O2/c1-2-18-8-4-3-5-14-6-7-16-10-15-9-11(13)12(16)17/h9-10,14H,2-8H2,1H3. The Morgan fingerprint density at radius 3 is 3.06 bits per heavy atom. The molecule has 0 unspecified atom stereocenters. The van der Waals surface area contributed by atoms with Gasteiger partial charge in [-0.05, 0) is 48.9 Å². The molecule has 102 valence electrons. The third kappa shape index (κ3) is 5.92. The van der Waals surface area contributed by atoms with Crippen LogP contribution in [0.2, 0.25) is 0 Å². The third-order valence-electron chi connectivity index (χ3n) is 2.48. The Morgan fingerprint density at radius 1 is 1.44 bits per heavy atom. The van der Waals surface area contributed by atoms with Crippen LogP contribution >= 0.6 is 22.6 Å². The highest BCUT2D eigenvalue weighted by atomic mass is 127. The maximum atomic E-state index is 11.7. The lowest BCUT2D eigenvalue weighted by Gasteiger charge is -2.07. The van der Waals surface area contributed by atoms with Crippen LogP contribution in [0.5, 0.6) is 0 Å². The van der Waals surface area contributed by atoms with E-state index in [1.807, 2.05) is 29.5 Å². The summed E-state index contributed by atoms with van der Waals surface area (Å²) >= 11 is 2.01. The van der Waals surface area contributed by atoms with E-state index in [0.29, 0.717) is 10.1 Å². The fraction of sp³-hybridized carbons (Fsp3) is 0.667. The molecule has 0 amide bonds. The largest absolute Gasteiger partial charge is 0.382 e. The third-order valence-corrected chi connectivity index (χ3v) is 3.22. The minimum absolute atomic E-state index is 0.0312. The molecule has 18 heavy (non-hydrogen) atoms. The van der Waals surface area contributed by atoms with E-state index in [2.05, 4.69) is 10.3 Å². The Balaban J connectivity index is 2.11. The molecule has 1 aromatic heterocycles. The Bertz CT molecular complexity index is 395. The SMILES string of the molecule is CCOCCCCNCCn1cncc(I)c1=O. The zero-order chi connectivity index (χ0) is 13.2. The van der Waals surface area contributed by atoms with Crippen molar-refractivity contribution in [1.82, 2.24) is 14.9 Å². The summed E-state index contributed by atoms with van der Waals surface area (Å²) in [6.45, 7) is 6.03. The van der Waals surface area contributed by atoms with Crippen LogP contribution in [0.1, 0.15) is 19.8 Å². The van der Waals surface area contributed by atoms with Crippen molar-refractivity contribution in [2.45, 2.75) is 26.3 Å². The van der Waals surface area contributed by atoms with E-state index in [0.717, 1.165) is 39.1 Å². The molecule has 0 aliphatic carbocycles. The van der Waals surface area contributed by atoms with Crippen LogP contribution in [0.15, 0.2) is 17.3 Å². The van der Waals surface area contributed by atoms with Crippen LogP contribution in [0.3, 0.4) is 0 Å². The minimum atomic E-state index is 0.0312. The van der Waals surface area contributed by atoms with Gasteiger partial charge in [0.15, 0.2) is 0 Å². The topological polar surface area (TPSA) is 56.1 Å². The van der Waals surface area contributed by atoms with Crippen LogP contribution in [0, 0.1) is 3.57 Å². The van der Waals surface area contributed by atoms with Gasteiger partial charge < -0.3 is 10.1 Å². The number of aromatic nitrogens is 2. The van der Waals surface area contributed by atoms with E-state index in [1.165, 1.54) is 0 Å². The van der Waals surface area contributed by atoms with Crippen LogP contribution in [0.25, 0.3) is 0 Å². The molecule has 1 heterocycles. The summed E-state index contributed by atoms with van der Waals surface area (Å²) in [5.74, 6) is 0. The van der Waals surface area contributed by atoms with Crippen molar-refractivity contribution >= 4 is 22.6 Å². The number of hydrogen-bond acceptors (Lipinski definition) is 4. The summed E-state index contributed by atoms with van der Waals surface area (Å²) in [4.78, 5) is 15.7. The normalized spacial score (nSPS) is 10.8. The molecule has 0 aliphatic heterocycles. The summed E-state index contributed by atoms with van der Waals surface area (Å²) < 4.78 is 7.55. The van der Waals surface area contributed by atoms with Crippen molar-refractivity contribution < 1.29 is 4.74 Å². The van der Waals surface area contributed by atoms with E-state index in [-0.39, 0.29) is 5.56 Å². The maximum Gasteiger partial charge on any atom is 0.266 e. The minimum Gasteiger partial charge on any atom is -0.382 e. The molecule has 0 fully saturated rings. The summed E-state index contributed by atoms with van der Waals surface area (Å²) in [5, 5.41) is 3.31. The van der Waals surface area contributed by atoms with Gasteiger partial charge in [-0.15, -0.1) is 0 Å². The van der Waals surface area contributed by atoms with Crippen molar-refractivity contribution in [1.29, 1.82) is 0 Å². The Morgan fingerprint density at radius 2 is 2.28 bits per heavy atom. The van der Waals surface area contributed by atoms with Gasteiger partial charge in [-0.25, -0.2) is 4.98 Å². The molecule has 0 aliphatic rings. The number of rotatable bonds is 9. The van der Waals surface area contributed by atoms with Crippen molar-refractivity contribution in [3.63, 3.8) is 0 Å². The van der Waals surface area contributed by atoms with Gasteiger partial charge in [0.25, 0.3) is 5.56 Å². The van der Waals surface area contributed by atoms with Crippen LogP contribution in [0.4, 0.5) is 0 Å². The van der Waals surface area contributed by atoms with Crippen molar-refractivity contribution in [2.75, 3.05) is 26.3 Å². The molecule has 6 heteroatoms. The van der Waals surface area contributed by atoms with E-state index < -0.39 is 0 Å². The van der Waals surface area contributed by atoms with Gasteiger partial charge in [-0.1, -0.05) is 0 Å². The van der Waals surface area contributed by atoms with Crippen molar-refractivity contribution in [3.05, 3.63) is 26.4 Å². The predicted octanol–water partition coefficient (Wildman–Crippen LogP) is 1.25. The number of ether oxygens (including phenoxy) is 1. The smallest absolute Gasteiger partial charge is 0.266 e. The molecule has 1 N–H and O–H groups in total. The molecule has 0 aromatic carbocycles. The van der Waals surface area contributed by atoms with Crippen molar-refractivity contribution in [2.24, 2.45) is 0 Å². The summed E-state index contributed by atoms with van der Waals surface area (Å²) in [6, 6.07) is 0. The first kappa shape index (κ1) is 15.6. The second-order valence-electron chi connectivity index (χ2n) is 3.89. The van der Waals surface area contributed by atoms with E-state index in [9.17, 15) is 4.79 Å². The number of unbranched alkanes of at least 4 members (excludes halogenated alkanes) is 1. The fourth-order valence-electron chi connectivity index (χ4n) is 1.51. The lowest BCUT2D eigenvalue weighted by Crippen LogP contribution is -2.28. The van der Waals surface area contributed by atoms with Crippen molar-refractivity contribution in [3.8, 4) is 0 Å². The highest BCUT2D eigenvalue weighted by molar-refractivity contribution is 14.1. The molecular formula is C12H20IN3O2. The first-order valence-corrected chi connectivity index (χ1v) is 7.32. The highest BCUT2D eigenvalue weighted by Gasteiger charge is 1.99. The molecule has 0 radical (unpaired) electrons. The van der Waals surface area contributed by atoms with Gasteiger partial charge in [0, 0.05) is 32.5 Å². The van der Waals surface area contributed by atoms with Gasteiger partial charge >= 0.3 is 0 Å². The molecule has 0 bridgehead atoms. The van der Waals surface area contributed by atoms with Gasteiger partial charge in [0.05, 0.1) is 9.90 Å². The van der Waals surface area contributed by atoms with Gasteiger partial charge in [-0.3, -0.25) is 9.36 Å². The lowest BCUT2D eigenvalue weighted by atomic mass is 10.3. The number of nitrogens with zero attached hydrogens (tertiary/aromatic N) is 2. The molecule has 0 atom stereocenters. The van der Waals surface area contributed by atoms with Crippen LogP contribution in [-0.2, 0) is 11.3 Å². The number of nitrogens with one attached hydrogen (secondary N) is 1. The lowest BCUT2D eigenvalue weighted by molar-refractivity contribution is 0.143. The van der Waals surface area contributed by atoms with E-state index in [1.54, 1.807) is 17.1 Å². The first-order chi connectivity index (χ1) is 8.75. The highest BCUT2D eigenvalue weighted by Crippen LogP contribution is 1.92. The Hall–Kier alpha value is -0.470. The molecule has 1 aromatic rings. The number of hydrogen-bond donors (Lipinski definition) is 1. The average Bonchev–Trinajstić information content (AvgIpc) is 2.37. The van der Waals surface area contributed by atoms with Gasteiger partial charge in [0.2, 0.25) is 0 Å². The molecule has 1 rings (SSSR count). The zero-order valence-corrected chi connectivity index (χ0v) is 12.9. The zero-order valence-electron chi connectivity index (χ0n) is 10.7. The predicted molar refractivity (Wildman–Crippen MR) is 79.8 cm³/mol. The molecular weight excluding hydrogens is 345 g/mol. The summed E-state index contributed by atoms with van der Waals surface area (Å²) in [6.07, 6.45) is 5.34. The van der Waals surface area contributed by atoms with E-state index >= 15 is 0 Å². The average molecular weight is 365 g/mol. The second kappa shape index (κ2) is 9.46. The Kier molecular flexibility index (Phi) is 8.19. The first-order valence-electron chi connectivity index (χ1n) is 6.24. The monoisotopic (exact) mass is 365 g/mol. The summed E-state index contributed by atoms with van der Waals surface area (Å²) in [7, 11) is 0. The quantitative estimate of drug-likeness (QED) is 0.529. The second-order valence-corrected chi connectivity index (χ2v) is 5.06. The van der Waals surface area contributed by atoms with Crippen LogP contribution < -0.4 is 10.9 Å². The summed E-state index contributed by atoms with van der Waals surface area (Å²) in [5.41, 5.74) is 0.0312. The maximum absolute atomic E-state index is 11.7.